The Morgan fingerprint density at radius 3 is 2.59 bits per heavy atom. The van der Waals surface area contributed by atoms with Crippen molar-refractivity contribution in [1.29, 1.82) is 0 Å². The summed E-state index contributed by atoms with van der Waals surface area (Å²) in [5.74, 6) is 0.00309. The highest BCUT2D eigenvalue weighted by Gasteiger charge is 2.39. The van der Waals surface area contributed by atoms with Crippen molar-refractivity contribution in [2.24, 2.45) is 5.92 Å². The number of ether oxygens (including phenoxy) is 2. The maximum atomic E-state index is 10.7. The number of rotatable bonds is 6. The molecule has 0 aromatic heterocycles. The lowest BCUT2D eigenvalue weighted by Crippen LogP contribution is -2.37. The Hall–Kier alpha value is -0.233. The molecule has 4 atom stereocenters. The highest BCUT2D eigenvalue weighted by Crippen LogP contribution is 2.29. The SMILES string of the molecule is CO[C@H]1C[C@H](O[Si](C)(C)C)[C@H](C[C@H](C)C=O)O1. The summed E-state index contributed by atoms with van der Waals surface area (Å²) in [6.45, 7) is 8.39. The highest BCUT2D eigenvalue weighted by atomic mass is 28.4. The van der Waals surface area contributed by atoms with Gasteiger partial charge in [0.15, 0.2) is 14.6 Å². The minimum atomic E-state index is -1.59. The molecule has 0 N–H and O–H groups in total. The zero-order valence-corrected chi connectivity index (χ0v) is 12.4. The minimum Gasteiger partial charge on any atom is -0.412 e. The first kappa shape index (κ1) is 14.8. The van der Waals surface area contributed by atoms with Gasteiger partial charge in [-0.25, -0.2) is 0 Å². The number of methoxy groups -OCH3 is 1. The molecule has 1 aliphatic heterocycles. The molecular weight excluding hydrogens is 236 g/mol. The third kappa shape index (κ3) is 4.87. The van der Waals surface area contributed by atoms with Gasteiger partial charge in [-0.2, -0.15) is 0 Å². The van der Waals surface area contributed by atoms with Crippen LogP contribution in [0.3, 0.4) is 0 Å². The largest absolute Gasteiger partial charge is 0.412 e. The predicted octanol–water partition coefficient (Wildman–Crippen LogP) is 2.19. The first-order chi connectivity index (χ1) is 7.85. The highest BCUT2D eigenvalue weighted by molar-refractivity contribution is 6.69. The fraction of sp³-hybridized carbons (Fsp3) is 0.917. The summed E-state index contributed by atoms with van der Waals surface area (Å²) >= 11 is 0. The van der Waals surface area contributed by atoms with Crippen molar-refractivity contribution in [2.75, 3.05) is 7.11 Å². The lowest BCUT2D eigenvalue weighted by molar-refractivity contribution is -0.125. The quantitative estimate of drug-likeness (QED) is 0.542. The number of hydrogen-bond donors (Lipinski definition) is 0. The average Bonchev–Trinajstić information content (AvgIpc) is 2.58. The van der Waals surface area contributed by atoms with Crippen LogP contribution in [0.25, 0.3) is 0 Å². The molecule has 0 aliphatic carbocycles. The Labute approximate surface area is 105 Å². The second-order valence-corrected chi connectivity index (χ2v) is 10.2. The molecule has 1 saturated heterocycles. The van der Waals surface area contributed by atoms with Crippen LogP contribution in [0.4, 0.5) is 0 Å². The molecule has 0 unspecified atom stereocenters. The van der Waals surface area contributed by atoms with E-state index >= 15 is 0 Å². The normalized spacial score (nSPS) is 31.5. The van der Waals surface area contributed by atoms with Crippen LogP contribution in [0.1, 0.15) is 19.8 Å². The summed E-state index contributed by atoms with van der Waals surface area (Å²) in [6, 6.07) is 0. The maximum Gasteiger partial charge on any atom is 0.184 e. The molecule has 0 radical (unpaired) electrons. The summed E-state index contributed by atoms with van der Waals surface area (Å²) in [5, 5.41) is 0. The van der Waals surface area contributed by atoms with Gasteiger partial charge in [-0.1, -0.05) is 6.92 Å². The van der Waals surface area contributed by atoms with Gasteiger partial charge in [0, 0.05) is 19.4 Å². The molecule has 0 aromatic rings. The summed E-state index contributed by atoms with van der Waals surface area (Å²) in [6.07, 6.45) is 2.28. The fourth-order valence-electron chi connectivity index (χ4n) is 2.04. The second kappa shape index (κ2) is 6.09. The van der Waals surface area contributed by atoms with E-state index in [9.17, 15) is 4.79 Å². The molecule has 0 bridgehead atoms. The number of aldehydes is 1. The van der Waals surface area contributed by atoms with Crippen molar-refractivity contribution in [2.45, 2.75) is 57.9 Å². The number of hydrogen-bond acceptors (Lipinski definition) is 4. The first-order valence-corrected chi connectivity index (χ1v) is 9.58. The van der Waals surface area contributed by atoms with Crippen molar-refractivity contribution in [1.82, 2.24) is 0 Å². The molecule has 1 heterocycles. The topological polar surface area (TPSA) is 44.8 Å². The second-order valence-electron chi connectivity index (χ2n) is 5.69. The van der Waals surface area contributed by atoms with Gasteiger partial charge < -0.3 is 18.7 Å². The Morgan fingerprint density at radius 2 is 2.12 bits per heavy atom. The van der Waals surface area contributed by atoms with E-state index < -0.39 is 8.32 Å². The molecule has 0 saturated carbocycles. The van der Waals surface area contributed by atoms with E-state index in [1.807, 2.05) is 6.92 Å². The fourth-order valence-corrected chi connectivity index (χ4v) is 3.20. The van der Waals surface area contributed by atoms with Gasteiger partial charge in [0.2, 0.25) is 0 Å². The number of carbonyl (C=O) groups is 1. The molecule has 5 heteroatoms. The Balaban J connectivity index is 2.60. The van der Waals surface area contributed by atoms with Crippen LogP contribution in [0, 0.1) is 5.92 Å². The molecule has 0 spiro atoms. The zero-order chi connectivity index (χ0) is 13.1. The molecule has 0 aromatic carbocycles. The lowest BCUT2D eigenvalue weighted by Gasteiger charge is -2.27. The van der Waals surface area contributed by atoms with E-state index in [2.05, 4.69) is 19.6 Å². The van der Waals surface area contributed by atoms with E-state index in [0.29, 0.717) is 6.42 Å². The third-order valence-corrected chi connectivity index (χ3v) is 3.78. The molecular formula is C12H24O4Si. The first-order valence-electron chi connectivity index (χ1n) is 6.17. The van der Waals surface area contributed by atoms with Gasteiger partial charge in [0.1, 0.15) is 6.29 Å². The lowest BCUT2D eigenvalue weighted by atomic mass is 10.0. The molecule has 17 heavy (non-hydrogen) atoms. The van der Waals surface area contributed by atoms with Crippen LogP contribution >= 0.6 is 0 Å². The van der Waals surface area contributed by atoms with Crippen LogP contribution in [0.5, 0.6) is 0 Å². The van der Waals surface area contributed by atoms with Crippen LogP contribution in [0.2, 0.25) is 19.6 Å². The van der Waals surface area contributed by atoms with E-state index in [4.69, 9.17) is 13.9 Å². The van der Waals surface area contributed by atoms with Gasteiger partial charge in [-0.05, 0) is 26.1 Å². The average molecular weight is 260 g/mol. The zero-order valence-electron chi connectivity index (χ0n) is 11.4. The van der Waals surface area contributed by atoms with E-state index in [0.717, 1.165) is 12.7 Å². The summed E-state index contributed by atoms with van der Waals surface area (Å²) in [5.41, 5.74) is 0. The Morgan fingerprint density at radius 1 is 1.47 bits per heavy atom. The van der Waals surface area contributed by atoms with E-state index in [-0.39, 0.29) is 24.4 Å². The van der Waals surface area contributed by atoms with Gasteiger partial charge in [-0.15, -0.1) is 0 Å². The van der Waals surface area contributed by atoms with Crippen molar-refractivity contribution < 1.29 is 18.7 Å². The van der Waals surface area contributed by atoms with Crippen molar-refractivity contribution in [3.05, 3.63) is 0 Å². The summed E-state index contributed by atoms with van der Waals surface area (Å²) < 4.78 is 17.1. The molecule has 4 nitrogen and oxygen atoms in total. The molecule has 0 amide bonds. The van der Waals surface area contributed by atoms with Crippen LogP contribution in [-0.2, 0) is 18.7 Å². The third-order valence-electron chi connectivity index (χ3n) is 2.77. The molecule has 100 valence electrons. The van der Waals surface area contributed by atoms with E-state index in [1.165, 1.54) is 0 Å². The summed E-state index contributed by atoms with van der Waals surface area (Å²) in [7, 11) is 0.0491. The molecule has 1 rings (SSSR count). The molecule has 1 aliphatic rings. The van der Waals surface area contributed by atoms with Gasteiger partial charge in [-0.3, -0.25) is 0 Å². The minimum absolute atomic E-state index is 0.00309. The van der Waals surface area contributed by atoms with Crippen LogP contribution in [0.15, 0.2) is 0 Å². The summed E-state index contributed by atoms with van der Waals surface area (Å²) in [4.78, 5) is 10.7. The van der Waals surface area contributed by atoms with Crippen LogP contribution < -0.4 is 0 Å². The molecule has 1 fully saturated rings. The number of carbonyl (C=O) groups excluding carboxylic acids is 1. The standard InChI is InChI=1S/C12H24O4Si/c1-9(8-13)6-10-11(16-17(3,4)5)7-12(14-2)15-10/h8-12H,6-7H2,1-5H3/t9-,10-,11-,12+/m0/s1. The van der Waals surface area contributed by atoms with Crippen molar-refractivity contribution in [3.63, 3.8) is 0 Å². The van der Waals surface area contributed by atoms with Gasteiger partial charge in [0.25, 0.3) is 0 Å². The maximum absolute atomic E-state index is 10.7. The predicted molar refractivity (Wildman–Crippen MR) is 68.4 cm³/mol. The van der Waals surface area contributed by atoms with Gasteiger partial charge in [0.05, 0.1) is 12.2 Å². The Kier molecular flexibility index (Phi) is 5.31. The monoisotopic (exact) mass is 260 g/mol. The Bertz CT molecular complexity index is 251. The van der Waals surface area contributed by atoms with Crippen molar-refractivity contribution in [3.8, 4) is 0 Å². The van der Waals surface area contributed by atoms with Crippen LogP contribution in [-0.4, -0.2) is 40.2 Å². The smallest absolute Gasteiger partial charge is 0.184 e. The van der Waals surface area contributed by atoms with Crippen molar-refractivity contribution >= 4 is 14.6 Å². The van der Waals surface area contributed by atoms with Gasteiger partial charge >= 0.3 is 0 Å². The van der Waals surface area contributed by atoms with E-state index in [1.54, 1.807) is 7.11 Å².